The maximum atomic E-state index is 3.40. The van der Waals surface area contributed by atoms with Gasteiger partial charge < -0.3 is 5.32 Å². The second-order valence-corrected chi connectivity index (χ2v) is 4.15. The third-order valence-corrected chi connectivity index (χ3v) is 2.47. The van der Waals surface area contributed by atoms with Crippen LogP contribution in [0.1, 0.15) is 44.2 Å². The summed E-state index contributed by atoms with van der Waals surface area (Å²) in [6.07, 6.45) is 1.17. The molecule has 0 unspecified atom stereocenters. The van der Waals surface area contributed by atoms with Crippen LogP contribution in [0.25, 0.3) is 0 Å². The lowest BCUT2D eigenvalue weighted by Crippen LogP contribution is -2.01. The van der Waals surface area contributed by atoms with E-state index in [9.17, 15) is 0 Å². The van der Waals surface area contributed by atoms with Gasteiger partial charge in [0, 0.05) is 12.2 Å². The fourth-order valence-corrected chi connectivity index (χ4v) is 1.70. The Morgan fingerprint density at radius 2 is 2.00 bits per heavy atom. The molecule has 0 saturated carbocycles. The topological polar surface area (TPSA) is 12.0 Å². The van der Waals surface area contributed by atoms with E-state index in [2.05, 4.69) is 51.2 Å². The zero-order valence-corrected chi connectivity index (χ0v) is 9.72. The highest BCUT2D eigenvalue weighted by Crippen LogP contribution is 2.22. The van der Waals surface area contributed by atoms with Gasteiger partial charge in [-0.1, -0.05) is 26.8 Å². The van der Waals surface area contributed by atoms with Crippen LogP contribution < -0.4 is 5.32 Å². The molecule has 1 N–H and O–H groups in total. The lowest BCUT2D eigenvalue weighted by molar-refractivity contribution is 0.856. The van der Waals surface area contributed by atoms with Crippen molar-refractivity contribution in [1.29, 1.82) is 0 Å². The average molecular weight is 191 g/mol. The predicted octanol–water partition coefficient (Wildman–Crippen LogP) is 3.94. The fraction of sp³-hybridized carbons (Fsp3) is 0.538. The molecule has 0 aliphatic heterocycles. The molecule has 78 valence electrons. The Kier molecular flexibility index (Phi) is 3.99. The molecule has 0 aliphatic carbocycles. The molecule has 0 aromatic heterocycles. The summed E-state index contributed by atoms with van der Waals surface area (Å²) in [5, 5.41) is 3.40. The molecule has 0 spiro atoms. The first kappa shape index (κ1) is 11.1. The van der Waals surface area contributed by atoms with E-state index < -0.39 is 0 Å². The van der Waals surface area contributed by atoms with E-state index in [0.717, 1.165) is 6.54 Å². The van der Waals surface area contributed by atoms with Crippen molar-refractivity contribution in [3.05, 3.63) is 29.3 Å². The summed E-state index contributed by atoms with van der Waals surface area (Å²) < 4.78 is 0. The van der Waals surface area contributed by atoms with Gasteiger partial charge in [-0.05, 0) is 42.5 Å². The van der Waals surface area contributed by atoms with E-state index in [1.165, 1.54) is 23.2 Å². The summed E-state index contributed by atoms with van der Waals surface area (Å²) in [4.78, 5) is 0. The van der Waals surface area contributed by atoms with Crippen LogP contribution >= 0.6 is 0 Å². The number of aryl methyl sites for hydroxylation is 1. The Labute approximate surface area is 87.5 Å². The van der Waals surface area contributed by atoms with Crippen LogP contribution in [0.4, 0.5) is 5.69 Å². The second-order valence-electron chi connectivity index (χ2n) is 4.15. The van der Waals surface area contributed by atoms with Gasteiger partial charge in [-0.3, -0.25) is 0 Å². The van der Waals surface area contributed by atoms with Crippen molar-refractivity contribution in [1.82, 2.24) is 0 Å². The summed E-state index contributed by atoms with van der Waals surface area (Å²) in [6, 6.07) is 6.65. The molecule has 1 nitrogen and oxygen atoms in total. The molecule has 0 amide bonds. The van der Waals surface area contributed by atoms with Gasteiger partial charge in [0.2, 0.25) is 0 Å². The fourth-order valence-electron chi connectivity index (χ4n) is 1.70. The zero-order chi connectivity index (χ0) is 10.6. The summed E-state index contributed by atoms with van der Waals surface area (Å²) in [5.41, 5.74) is 4.09. The minimum Gasteiger partial charge on any atom is -0.385 e. The van der Waals surface area contributed by atoms with Crippen molar-refractivity contribution < 1.29 is 0 Å². The highest BCUT2D eigenvalue weighted by molar-refractivity contribution is 5.49. The van der Waals surface area contributed by atoms with E-state index in [1.807, 2.05) is 0 Å². The molecule has 14 heavy (non-hydrogen) atoms. The molecule has 1 aromatic rings. The first-order chi connectivity index (χ1) is 6.65. The quantitative estimate of drug-likeness (QED) is 0.760. The first-order valence-corrected chi connectivity index (χ1v) is 5.49. The first-order valence-electron chi connectivity index (χ1n) is 5.49. The molecule has 1 rings (SSSR count). The number of benzene rings is 1. The van der Waals surface area contributed by atoms with Gasteiger partial charge in [0.1, 0.15) is 0 Å². The molecule has 0 heterocycles. The van der Waals surface area contributed by atoms with E-state index in [1.54, 1.807) is 0 Å². The van der Waals surface area contributed by atoms with Crippen LogP contribution in [0, 0.1) is 6.92 Å². The Hall–Kier alpha value is -0.980. The summed E-state index contributed by atoms with van der Waals surface area (Å²) in [5.74, 6) is 0.621. The Balaban J connectivity index is 2.78. The molecular formula is C13H21N. The van der Waals surface area contributed by atoms with Gasteiger partial charge >= 0.3 is 0 Å². The molecule has 0 saturated heterocycles. The molecular weight excluding hydrogens is 170 g/mol. The van der Waals surface area contributed by atoms with Crippen LogP contribution in [0.15, 0.2) is 18.2 Å². The number of hydrogen-bond donors (Lipinski definition) is 1. The van der Waals surface area contributed by atoms with Gasteiger partial charge in [-0.2, -0.15) is 0 Å². The Morgan fingerprint density at radius 1 is 1.29 bits per heavy atom. The van der Waals surface area contributed by atoms with E-state index in [0.29, 0.717) is 5.92 Å². The normalized spacial score (nSPS) is 10.6. The van der Waals surface area contributed by atoms with Crippen LogP contribution in [-0.4, -0.2) is 6.54 Å². The van der Waals surface area contributed by atoms with Crippen molar-refractivity contribution in [2.75, 3.05) is 11.9 Å². The number of rotatable bonds is 4. The van der Waals surface area contributed by atoms with E-state index in [4.69, 9.17) is 0 Å². The van der Waals surface area contributed by atoms with Crippen LogP contribution in [-0.2, 0) is 0 Å². The number of hydrogen-bond acceptors (Lipinski definition) is 1. The molecule has 0 fully saturated rings. The summed E-state index contributed by atoms with van der Waals surface area (Å²) in [7, 11) is 0. The molecule has 1 aromatic carbocycles. The Morgan fingerprint density at radius 3 is 2.50 bits per heavy atom. The lowest BCUT2D eigenvalue weighted by atomic mass is 9.98. The van der Waals surface area contributed by atoms with Crippen molar-refractivity contribution in [2.45, 2.75) is 40.0 Å². The molecule has 0 radical (unpaired) electrons. The maximum Gasteiger partial charge on any atom is 0.0343 e. The number of anilines is 1. The highest BCUT2D eigenvalue weighted by atomic mass is 14.9. The second kappa shape index (κ2) is 5.04. The Bertz CT molecular complexity index is 289. The van der Waals surface area contributed by atoms with E-state index >= 15 is 0 Å². The molecule has 1 heteroatoms. The third-order valence-electron chi connectivity index (χ3n) is 2.47. The lowest BCUT2D eigenvalue weighted by Gasteiger charge is -2.12. The summed E-state index contributed by atoms with van der Waals surface area (Å²) >= 11 is 0. The van der Waals surface area contributed by atoms with Gasteiger partial charge in [-0.25, -0.2) is 0 Å². The van der Waals surface area contributed by atoms with E-state index in [-0.39, 0.29) is 0 Å². The minimum atomic E-state index is 0.621. The monoisotopic (exact) mass is 191 g/mol. The standard InChI is InChI=1S/C13H21N/c1-5-8-14-12-6-7-13(10(2)3)11(4)9-12/h6-7,9-10,14H,5,8H2,1-4H3. The molecule has 0 bridgehead atoms. The molecule has 0 atom stereocenters. The van der Waals surface area contributed by atoms with Crippen molar-refractivity contribution in [3.63, 3.8) is 0 Å². The predicted molar refractivity (Wildman–Crippen MR) is 64.0 cm³/mol. The molecule has 0 aliphatic rings. The highest BCUT2D eigenvalue weighted by Gasteiger charge is 2.03. The van der Waals surface area contributed by atoms with Gasteiger partial charge in [-0.15, -0.1) is 0 Å². The van der Waals surface area contributed by atoms with Crippen LogP contribution in [0.3, 0.4) is 0 Å². The maximum absolute atomic E-state index is 3.40. The number of nitrogens with one attached hydrogen (secondary N) is 1. The third kappa shape index (κ3) is 2.76. The van der Waals surface area contributed by atoms with Crippen molar-refractivity contribution in [3.8, 4) is 0 Å². The summed E-state index contributed by atoms with van der Waals surface area (Å²) in [6.45, 7) is 9.90. The smallest absolute Gasteiger partial charge is 0.0343 e. The van der Waals surface area contributed by atoms with Gasteiger partial charge in [0.15, 0.2) is 0 Å². The minimum absolute atomic E-state index is 0.621. The SMILES string of the molecule is CCCNc1ccc(C(C)C)c(C)c1. The van der Waals surface area contributed by atoms with Gasteiger partial charge in [0.05, 0.1) is 0 Å². The van der Waals surface area contributed by atoms with Crippen LogP contribution in [0.2, 0.25) is 0 Å². The van der Waals surface area contributed by atoms with Crippen molar-refractivity contribution >= 4 is 5.69 Å². The van der Waals surface area contributed by atoms with Gasteiger partial charge in [0.25, 0.3) is 0 Å². The largest absolute Gasteiger partial charge is 0.385 e. The zero-order valence-electron chi connectivity index (χ0n) is 9.72. The van der Waals surface area contributed by atoms with Crippen molar-refractivity contribution in [2.24, 2.45) is 0 Å². The van der Waals surface area contributed by atoms with Crippen LogP contribution in [0.5, 0.6) is 0 Å². The average Bonchev–Trinajstić information content (AvgIpc) is 2.14.